The van der Waals surface area contributed by atoms with Crippen molar-refractivity contribution in [1.82, 2.24) is 9.80 Å². The van der Waals surface area contributed by atoms with E-state index in [0.29, 0.717) is 6.54 Å². The Hall–Kier alpha value is -2.04. The minimum absolute atomic E-state index is 0.0628. The molecule has 1 aromatic carbocycles. The van der Waals surface area contributed by atoms with E-state index in [1.54, 1.807) is 4.90 Å². The van der Waals surface area contributed by atoms with Gasteiger partial charge in [-0.15, -0.1) is 0 Å². The maximum absolute atomic E-state index is 12.8. The first-order valence-corrected chi connectivity index (χ1v) is 8.93. The second-order valence-corrected chi connectivity index (χ2v) is 6.22. The van der Waals surface area contributed by atoms with Crippen molar-refractivity contribution in [3.8, 4) is 0 Å². The first kappa shape index (κ1) is 18.3. The number of carbonyl (C=O) groups excluding carboxylic acids is 2. The summed E-state index contributed by atoms with van der Waals surface area (Å²) in [6.07, 6.45) is 3.04. The molecule has 5 nitrogen and oxygen atoms in total. The lowest BCUT2D eigenvalue weighted by Crippen LogP contribution is -2.48. The van der Waals surface area contributed by atoms with Gasteiger partial charge >= 0.3 is 6.09 Å². The topological polar surface area (TPSA) is 49.9 Å². The van der Waals surface area contributed by atoms with Gasteiger partial charge in [0.05, 0.1) is 0 Å². The van der Waals surface area contributed by atoms with Crippen LogP contribution in [0.15, 0.2) is 30.3 Å². The summed E-state index contributed by atoms with van der Waals surface area (Å²) in [5, 5.41) is 0. The van der Waals surface area contributed by atoms with Crippen molar-refractivity contribution in [3.63, 3.8) is 0 Å². The van der Waals surface area contributed by atoms with Gasteiger partial charge < -0.3 is 9.64 Å². The molecular weight excluding hydrogens is 304 g/mol. The molecule has 2 amide bonds. The predicted molar refractivity (Wildman–Crippen MR) is 93.5 cm³/mol. The van der Waals surface area contributed by atoms with Crippen molar-refractivity contribution < 1.29 is 14.3 Å². The lowest BCUT2D eigenvalue weighted by Gasteiger charge is -2.29. The molecule has 132 valence electrons. The smallest absolute Gasteiger partial charge is 0.410 e. The zero-order valence-electron chi connectivity index (χ0n) is 14.7. The van der Waals surface area contributed by atoms with Crippen molar-refractivity contribution in [2.24, 2.45) is 0 Å². The standard InChI is InChI=1S/C19H28N2O3/c1-3-12-20(13-4-2)18(22)17-11-8-14-21(17)19(23)24-15-16-9-6-5-7-10-16/h5-7,9-10,17H,3-4,8,11-15H2,1-2H3. The highest BCUT2D eigenvalue weighted by Crippen LogP contribution is 2.21. The van der Waals surface area contributed by atoms with Crippen LogP contribution in [0.5, 0.6) is 0 Å². The molecule has 5 heteroatoms. The normalized spacial score (nSPS) is 16.9. The van der Waals surface area contributed by atoms with Crippen LogP contribution >= 0.6 is 0 Å². The molecule has 1 fully saturated rings. The Morgan fingerprint density at radius 1 is 1.17 bits per heavy atom. The molecule has 0 saturated carbocycles. The van der Waals surface area contributed by atoms with Gasteiger partial charge in [-0.25, -0.2) is 4.79 Å². The fourth-order valence-electron chi connectivity index (χ4n) is 3.13. The van der Waals surface area contributed by atoms with Gasteiger partial charge in [0.25, 0.3) is 0 Å². The van der Waals surface area contributed by atoms with Crippen LogP contribution in [-0.2, 0) is 16.1 Å². The summed E-state index contributed by atoms with van der Waals surface area (Å²) in [5.74, 6) is 0.0628. The molecule has 0 aliphatic carbocycles. The molecule has 0 radical (unpaired) electrons. The summed E-state index contributed by atoms with van der Waals surface area (Å²) < 4.78 is 5.41. The van der Waals surface area contributed by atoms with Crippen molar-refractivity contribution in [3.05, 3.63) is 35.9 Å². The Labute approximate surface area is 144 Å². The van der Waals surface area contributed by atoms with Gasteiger partial charge in [0, 0.05) is 19.6 Å². The molecule has 1 aromatic rings. The third-order valence-electron chi connectivity index (χ3n) is 4.28. The maximum atomic E-state index is 12.8. The van der Waals surface area contributed by atoms with Gasteiger partial charge in [0.2, 0.25) is 5.91 Å². The average Bonchev–Trinajstić information content (AvgIpc) is 3.09. The van der Waals surface area contributed by atoms with E-state index in [4.69, 9.17) is 4.74 Å². The van der Waals surface area contributed by atoms with Gasteiger partial charge in [-0.05, 0) is 31.2 Å². The number of ether oxygens (including phenoxy) is 1. The van der Waals surface area contributed by atoms with E-state index in [1.807, 2.05) is 35.2 Å². The molecule has 0 bridgehead atoms. The Bertz CT molecular complexity index is 527. The highest BCUT2D eigenvalue weighted by molar-refractivity contribution is 5.86. The summed E-state index contributed by atoms with van der Waals surface area (Å²) in [6, 6.07) is 9.23. The van der Waals surface area contributed by atoms with E-state index in [1.165, 1.54) is 0 Å². The number of hydrogen-bond acceptors (Lipinski definition) is 3. The number of rotatable bonds is 7. The van der Waals surface area contributed by atoms with Crippen LogP contribution in [0, 0.1) is 0 Å². The number of nitrogens with zero attached hydrogens (tertiary/aromatic N) is 2. The zero-order chi connectivity index (χ0) is 17.4. The molecule has 2 rings (SSSR count). The van der Waals surface area contributed by atoms with Crippen LogP contribution in [-0.4, -0.2) is 47.5 Å². The third kappa shape index (κ3) is 4.73. The number of benzene rings is 1. The highest BCUT2D eigenvalue weighted by atomic mass is 16.6. The van der Waals surface area contributed by atoms with Crippen LogP contribution in [0.1, 0.15) is 45.1 Å². The van der Waals surface area contributed by atoms with E-state index in [0.717, 1.165) is 44.3 Å². The van der Waals surface area contributed by atoms with Gasteiger partial charge in [0.1, 0.15) is 12.6 Å². The van der Waals surface area contributed by atoms with E-state index >= 15 is 0 Å². The van der Waals surface area contributed by atoms with Crippen LogP contribution in [0.3, 0.4) is 0 Å². The summed E-state index contributed by atoms with van der Waals surface area (Å²) in [4.78, 5) is 28.7. The van der Waals surface area contributed by atoms with Crippen molar-refractivity contribution in [1.29, 1.82) is 0 Å². The average molecular weight is 332 g/mol. The molecule has 1 aliphatic rings. The van der Waals surface area contributed by atoms with Gasteiger partial charge in [-0.2, -0.15) is 0 Å². The predicted octanol–water partition coefficient (Wildman–Crippen LogP) is 3.44. The van der Waals surface area contributed by atoms with Crippen LogP contribution < -0.4 is 0 Å². The molecule has 1 aliphatic heterocycles. The van der Waals surface area contributed by atoms with E-state index in [9.17, 15) is 9.59 Å². The monoisotopic (exact) mass is 332 g/mol. The highest BCUT2D eigenvalue weighted by Gasteiger charge is 2.37. The first-order valence-electron chi connectivity index (χ1n) is 8.93. The Morgan fingerprint density at radius 3 is 2.46 bits per heavy atom. The molecule has 0 aromatic heterocycles. The molecule has 0 N–H and O–H groups in total. The van der Waals surface area contributed by atoms with E-state index in [-0.39, 0.29) is 24.6 Å². The second-order valence-electron chi connectivity index (χ2n) is 6.22. The maximum Gasteiger partial charge on any atom is 0.410 e. The minimum atomic E-state index is -0.386. The molecule has 1 saturated heterocycles. The molecular formula is C19H28N2O3. The largest absolute Gasteiger partial charge is 0.445 e. The van der Waals surface area contributed by atoms with Gasteiger partial charge in [-0.3, -0.25) is 9.69 Å². The van der Waals surface area contributed by atoms with Crippen LogP contribution in [0.2, 0.25) is 0 Å². The molecule has 1 heterocycles. The van der Waals surface area contributed by atoms with Crippen molar-refractivity contribution in [2.45, 2.75) is 52.2 Å². The fraction of sp³-hybridized carbons (Fsp3) is 0.579. The SMILES string of the molecule is CCCN(CCC)C(=O)C1CCCN1C(=O)OCc1ccccc1. The van der Waals surface area contributed by atoms with E-state index < -0.39 is 0 Å². The first-order chi connectivity index (χ1) is 11.7. The molecule has 0 spiro atoms. The summed E-state index contributed by atoms with van der Waals surface area (Å²) in [6.45, 7) is 6.46. The number of carbonyl (C=O) groups is 2. The lowest BCUT2D eigenvalue weighted by atomic mass is 10.2. The lowest BCUT2D eigenvalue weighted by molar-refractivity contribution is -0.135. The fourth-order valence-corrected chi connectivity index (χ4v) is 3.13. The zero-order valence-corrected chi connectivity index (χ0v) is 14.7. The number of hydrogen-bond donors (Lipinski definition) is 0. The van der Waals surface area contributed by atoms with Gasteiger partial charge in [0.15, 0.2) is 0 Å². The van der Waals surface area contributed by atoms with Crippen LogP contribution in [0.4, 0.5) is 4.79 Å². The summed E-state index contributed by atoms with van der Waals surface area (Å²) in [7, 11) is 0. The third-order valence-corrected chi connectivity index (χ3v) is 4.28. The number of amides is 2. The van der Waals surface area contributed by atoms with Crippen LogP contribution in [0.25, 0.3) is 0 Å². The van der Waals surface area contributed by atoms with E-state index in [2.05, 4.69) is 13.8 Å². The Balaban J connectivity index is 1.95. The quantitative estimate of drug-likeness (QED) is 0.768. The van der Waals surface area contributed by atoms with Gasteiger partial charge in [-0.1, -0.05) is 44.2 Å². The molecule has 24 heavy (non-hydrogen) atoms. The summed E-state index contributed by atoms with van der Waals surface area (Å²) >= 11 is 0. The second kappa shape index (κ2) is 9.30. The Morgan fingerprint density at radius 2 is 1.83 bits per heavy atom. The van der Waals surface area contributed by atoms with Crippen molar-refractivity contribution >= 4 is 12.0 Å². The van der Waals surface area contributed by atoms with Crippen molar-refractivity contribution in [2.75, 3.05) is 19.6 Å². The summed E-state index contributed by atoms with van der Waals surface area (Å²) in [5.41, 5.74) is 0.950. The molecule has 1 atom stereocenters. The Kier molecular flexibility index (Phi) is 7.09. The number of likely N-dealkylation sites (tertiary alicyclic amines) is 1. The molecule has 1 unspecified atom stereocenters. The minimum Gasteiger partial charge on any atom is -0.445 e.